The fourth-order valence-electron chi connectivity index (χ4n) is 2.19. The van der Waals surface area contributed by atoms with Gasteiger partial charge in [0.25, 0.3) is 0 Å². The van der Waals surface area contributed by atoms with E-state index < -0.39 is 0 Å². The smallest absolute Gasteiger partial charge is 0.123 e. The topological polar surface area (TPSA) is 27.0 Å². The summed E-state index contributed by atoms with van der Waals surface area (Å²) in [5.74, 6) is 0. The fourth-order valence-corrected chi connectivity index (χ4v) is 2.89. The van der Waals surface area contributed by atoms with Gasteiger partial charge in [0, 0.05) is 11.4 Å². The summed E-state index contributed by atoms with van der Waals surface area (Å²) in [5, 5.41) is 9.31. The van der Waals surface area contributed by atoms with Crippen LogP contribution in [0.3, 0.4) is 0 Å². The summed E-state index contributed by atoms with van der Waals surface area (Å²) in [5.41, 5.74) is 1.10. The number of rotatable bonds is 2. The lowest BCUT2D eigenvalue weighted by atomic mass is 10.0. The first-order chi connectivity index (χ1) is 7.81. The van der Waals surface area contributed by atoms with Gasteiger partial charge in [-0.2, -0.15) is 5.26 Å². The largest absolute Gasteiger partial charge is 0.283 e. The molecule has 1 aliphatic rings. The molecule has 0 radical (unpaired) electrons. The van der Waals surface area contributed by atoms with Crippen LogP contribution in [0.5, 0.6) is 0 Å². The zero-order chi connectivity index (χ0) is 11.4. The van der Waals surface area contributed by atoms with Crippen LogP contribution >= 0.6 is 15.9 Å². The predicted molar refractivity (Wildman–Crippen MR) is 68.3 cm³/mol. The molecule has 0 amide bonds. The first-order valence-corrected chi connectivity index (χ1v) is 6.55. The normalized spacial score (nSPS) is 23.6. The molecule has 1 heterocycles. The maximum absolute atomic E-state index is 9.31. The highest BCUT2D eigenvalue weighted by Crippen LogP contribution is 2.26. The van der Waals surface area contributed by atoms with Crippen LogP contribution in [0.4, 0.5) is 0 Å². The summed E-state index contributed by atoms with van der Waals surface area (Å²) in [6.45, 7) is 1.99. The van der Waals surface area contributed by atoms with E-state index in [2.05, 4.69) is 26.9 Å². The van der Waals surface area contributed by atoms with Gasteiger partial charge < -0.3 is 0 Å². The number of hydrogen-bond donors (Lipinski definition) is 0. The van der Waals surface area contributed by atoms with Gasteiger partial charge in [-0.3, -0.25) is 4.90 Å². The molecular weight excluding hydrogens is 264 g/mol. The molecule has 0 spiro atoms. The molecule has 2 unspecified atom stereocenters. The number of piperidine rings is 1. The number of benzene rings is 1. The summed E-state index contributed by atoms with van der Waals surface area (Å²) in [7, 11) is 0. The third-order valence-electron chi connectivity index (χ3n) is 3.00. The van der Waals surface area contributed by atoms with Crippen molar-refractivity contribution in [2.45, 2.75) is 23.7 Å². The zero-order valence-electron chi connectivity index (χ0n) is 9.14. The minimum absolute atomic E-state index is 0.0958. The Morgan fingerprint density at radius 3 is 2.75 bits per heavy atom. The van der Waals surface area contributed by atoms with E-state index in [9.17, 15) is 5.26 Å². The van der Waals surface area contributed by atoms with Crippen LogP contribution in [0.15, 0.2) is 30.3 Å². The van der Waals surface area contributed by atoms with E-state index in [1.165, 1.54) is 12.8 Å². The van der Waals surface area contributed by atoms with E-state index in [0.29, 0.717) is 4.83 Å². The van der Waals surface area contributed by atoms with Crippen molar-refractivity contribution in [3.8, 4) is 6.07 Å². The Kier molecular flexibility index (Phi) is 3.98. The Balaban J connectivity index is 2.14. The van der Waals surface area contributed by atoms with Crippen molar-refractivity contribution in [3.05, 3.63) is 35.9 Å². The Morgan fingerprint density at radius 2 is 2.12 bits per heavy atom. The second kappa shape index (κ2) is 5.47. The van der Waals surface area contributed by atoms with Crippen LogP contribution in [-0.4, -0.2) is 22.8 Å². The van der Waals surface area contributed by atoms with Crippen molar-refractivity contribution in [3.63, 3.8) is 0 Å². The van der Waals surface area contributed by atoms with Gasteiger partial charge in [-0.25, -0.2) is 0 Å². The molecule has 2 rings (SSSR count). The molecule has 0 saturated carbocycles. The van der Waals surface area contributed by atoms with Crippen LogP contribution in [0.2, 0.25) is 0 Å². The molecule has 1 saturated heterocycles. The summed E-state index contributed by atoms with van der Waals surface area (Å²) in [6.07, 6.45) is 2.38. The van der Waals surface area contributed by atoms with E-state index in [1.807, 2.05) is 30.3 Å². The predicted octanol–water partition coefficient (Wildman–Crippen LogP) is 3.11. The SMILES string of the molecule is N#CC(c1ccccc1)N1CCCC(Br)C1. The molecule has 2 nitrogen and oxygen atoms in total. The standard InChI is InChI=1S/C13H15BrN2/c14-12-7-4-8-16(10-12)13(9-15)11-5-2-1-3-6-11/h1-3,5-6,12-13H,4,7-8,10H2. The van der Waals surface area contributed by atoms with Crippen LogP contribution in [0, 0.1) is 11.3 Å². The summed E-state index contributed by atoms with van der Waals surface area (Å²) >= 11 is 3.65. The minimum atomic E-state index is -0.0958. The second-order valence-electron chi connectivity index (χ2n) is 4.18. The molecule has 0 aliphatic carbocycles. The van der Waals surface area contributed by atoms with Gasteiger partial charge in [-0.15, -0.1) is 0 Å². The highest BCUT2D eigenvalue weighted by Gasteiger charge is 2.25. The van der Waals surface area contributed by atoms with Gasteiger partial charge >= 0.3 is 0 Å². The molecular formula is C13H15BrN2. The van der Waals surface area contributed by atoms with Gasteiger partial charge in [0.2, 0.25) is 0 Å². The molecule has 1 aromatic carbocycles. The monoisotopic (exact) mass is 278 g/mol. The van der Waals surface area contributed by atoms with Gasteiger partial charge in [-0.1, -0.05) is 46.3 Å². The Hall–Kier alpha value is -0.850. The average molecular weight is 279 g/mol. The summed E-state index contributed by atoms with van der Waals surface area (Å²) in [4.78, 5) is 2.79. The quantitative estimate of drug-likeness (QED) is 0.778. The molecule has 2 atom stereocenters. The van der Waals surface area contributed by atoms with Gasteiger partial charge in [-0.05, 0) is 24.9 Å². The maximum atomic E-state index is 9.31. The third kappa shape index (κ3) is 2.63. The number of alkyl halides is 1. The molecule has 0 N–H and O–H groups in total. The Bertz CT molecular complexity index is 371. The Morgan fingerprint density at radius 1 is 1.38 bits per heavy atom. The Labute approximate surface area is 105 Å². The average Bonchev–Trinajstić information content (AvgIpc) is 2.31. The van der Waals surface area contributed by atoms with E-state index in [0.717, 1.165) is 18.7 Å². The molecule has 3 heteroatoms. The highest BCUT2D eigenvalue weighted by molar-refractivity contribution is 9.09. The van der Waals surface area contributed by atoms with Gasteiger partial charge in [0.1, 0.15) is 6.04 Å². The summed E-state index contributed by atoms with van der Waals surface area (Å²) in [6, 6.07) is 12.4. The van der Waals surface area contributed by atoms with Crippen LogP contribution in [0.1, 0.15) is 24.4 Å². The van der Waals surface area contributed by atoms with Gasteiger partial charge in [0.15, 0.2) is 0 Å². The lowest BCUT2D eigenvalue weighted by Gasteiger charge is -2.33. The van der Waals surface area contributed by atoms with E-state index in [4.69, 9.17) is 0 Å². The number of hydrogen-bond acceptors (Lipinski definition) is 2. The fraction of sp³-hybridized carbons (Fsp3) is 0.462. The zero-order valence-corrected chi connectivity index (χ0v) is 10.7. The van der Waals surface area contributed by atoms with Crippen molar-refractivity contribution in [2.24, 2.45) is 0 Å². The molecule has 1 aliphatic heterocycles. The van der Waals surface area contributed by atoms with Crippen LogP contribution < -0.4 is 0 Å². The lowest BCUT2D eigenvalue weighted by molar-refractivity contribution is 0.202. The van der Waals surface area contributed by atoms with Crippen molar-refractivity contribution in [2.75, 3.05) is 13.1 Å². The van der Waals surface area contributed by atoms with Crippen molar-refractivity contribution in [1.82, 2.24) is 4.90 Å². The molecule has 16 heavy (non-hydrogen) atoms. The number of nitriles is 1. The number of likely N-dealkylation sites (tertiary alicyclic amines) is 1. The minimum Gasteiger partial charge on any atom is -0.283 e. The molecule has 0 bridgehead atoms. The van der Waals surface area contributed by atoms with Gasteiger partial charge in [0.05, 0.1) is 6.07 Å². The molecule has 1 aromatic rings. The first-order valence-electron chi connectivity index (χ1n) is 5.64. The second-order valence-corrected chi connectivity index (χ2v) is 5.47. The molecule has 1 fully saturated rings. The van der Waals surface area contributed by atoms with E-state index in [-0.39, 0.29) is 6.04 Å². The van der Waals surface area contributed by atoms with E-state index >= 15 is 0 Å². The summed E-state index contributed by atoms with van der Waals surface area (Å²) < 4.78 is 0. The lowest BCUT2D eigenvalue weighted by Crippen LogP contribution is -2.38. The third-order valence-corrected chi connectivity index (χ3v) is 3.75. The molecule has 0 aromatic heterocycles. The van der Waals surface area contributed by atoms with Crippen molar-refractivity contribution < 1.29 is 0 Å². The van der Waals surface area contributed by atoms with Crippen LogP contribution in [0.25, 0.3) is 0 Å². The first kappa shape index (κ1) is 11.6. The van der Waals surface area contributed by atoms with Crippen molar-refractivity contribution >= 4 is 15.9 Å². The maximum Gasteiger partial charge on any atom is 0.123 e. The molecule has 84 valence electrons. The van der Waals surface area contributed by atoms with Crippen LogP contribution in [-0.2, 0) is 0 Å². The number of nitrogens with zero attached hydrogens (tertiary/aromatic N) is 2. The van der Waals surface area contributed by atoms with E-state index in [1.54, 1.807) is 0 Å². The highest BCUT2D eigenvalue weighted by atomic mass is 79.9. The number of halogens is 1. The van der Waals surface area contributed by atoms with Crippen molar-refractivity contribution in [1.29, 1.82) is 5.26 Å².